The van der Waals surface area contributed by atoms with Gasteiger partial charge in [0.15, 0.2) is 0 Å². The van der Waals surface area contributed by atoms with E-state index < -0.39 is 5.97 Å². The van der Waals surface area contributed by atoms with Gasteiger partial charge in [-0.25, -0.2) is 4.68 Å². The van der Waals surface area contributed by atoms with E-state index >= 15 is 0 Å². The van der Waals surface area contributed by atoms with Crippen LogP contribution in [0.4, 0.5) is 0 Å². The molecule has 2 aromatic rings. The molecule has 1 heterocycles. The largest absolute Gasteiger partial charge is 0.480 e. The van der Waals surface area contributed by atoms with Crippen LogP contribution in [0.5, 0.6) is 0 Å². The molecule has 0 saturated carbocycles. The molecule has 0 fully saturated rings. The number of carbonyl (C=O) groups excluding carboxylic acids is 1. The van der Waals surface area contributed by atoms with Crippen molar-refractivity contribution in [1.82, 2.24) is 15.1 Å². The molecule has 6 nitrogen and oxygen atoms in total. The molecule has 0 bridgehead atoms. The van der Waals surface area contributed by atoms with Crippen LogP contribution in [0.15, 0.2) is 42.6 Å². The first-order chi connectivity index (χ1) is 10.1. The first kappa shape index (κ1) is 14.8. The molecular formula is C15H17N3O3. The predicted molar refractivity (Wildman–Crippen MR) is 76.8 cm³/mol. The van der Waals surface area contributed by atoms with Crippen molar-refractivity contribution in [1.29, 1.82) is 0 Å². The fraction of sp³-hybridized carbons (Fsp3) is 0.267. The van der Waals surface area contributed by atoms with Crippen molar-refractivity contribution < 1.29 is 14.7 Å². The average molecular weight is 287 g/mol. The molecule has 0 spiro atoms. The van der Waals surface area contributed by atoms with Gasteiger partial charge in [0, 0.05) is 6.20 Å². The minimum absolute atomic E-state index is 0.119. The molecule has 0 saturated heterocycles. The number of benzene rings is 1. The summed E-state index contributed by atoms with van der Waals surface area (Å²) in [7, 11) is 0. The van der Waals surface area contributed by atoms with Gasteiger partial charge < -0.3 is 10.4 Å². The number of rotatable bonds is 6. The average Bonchev–Trinajstić information content (AvgIpc) is 2.93. The number of carboxylic acids is 1. The van der Waals surface area contributed by atoms with Gasteiger partial charge in [-0.1, -0.05) is 37.3 Å². The van der Waals surface area contributed by atoms with Crippen LogP contribution in [-0.4, -0.2) is 26.8 Å². The molecule has 1 aromatic carbocycles. The zero-order valence-electron chi connectivity index (χ0n) is 11.7. The van der Waals surface area contributed by atoms with Crippen molar-refractivity contribution in [3.05, 3.63) is 53.9 Å². The molecule has 21 heavy (non-hydrogen) atoms. The van der Waals surface area contributed by atoms with Crippen molar-refractivity contribution in [2.75, 3.05) is 0 Å². The Bertz CT molecular complexity index is 622. The molecule has 2 N–H and O–H groups in total. The van der Waals surface area contributed by atoms with Gasteiger partial charge in [-0.2, -0.15) is 5.10 Å². The van der Waals surface area contributed by atoms with Crippen LogP contribution >= 0.6 is 0 Å². The molecule has 1 atom stereocenters. The maximum atomic E-state index is 12.3. The minimum Gasteiger partial charge on any atom is -0.480 e. The number of carbonyl (C=O) groups is 2. The third-order valence-electron chi connectivity index (χ3n) is 3.15. The maximum Gasteiger partial charge on any atom is 0.325 e. The van der Waals surface area contributed by atoms with Crippen LogP contribution in [0.2, 0.25) is 0 Å². The predicted octanol–water partition coefficient (Wildman–Crippen LogP) is 1.85. The molecule has 1 aromatic heterocycles. The van der Waals surface area contributed by atoms with Gasteiger partial charge in [-0.3, -0.25) is 9.59 Å². The Morgan fingerprint density at radius 2 is 2.00 bits per heavy atom. The van der Waals surface area contributed by atoms with E-state index in [-0.39, 0.29) is 24.2 Å². The van der Waals surface area contributed by atoms with E-state index in [0.717, 1.165) is 12.0 Å². The number of aliphatic carboxylic acids is 1. The second-order valence-electron chi connectivity index (χ2n) is 4.61. The number of carboxylic acid groups (broad SMARTS) is 1. The van der Waals surface area contributed by atoms with Gasteiger partial charge in [0.1, 0.15) is 12.2 Å². The van der Waals surface area contributed by atoms with Crippen LogP contribution < -0.4 is 5.32 Å². The minimum atomic E-state index is -1.04. The van der Waals surface area contributed by atoms with Crippen molar-refractivity contribution >= 4 is 11.9 Å². The maximum absolute atomic E-state index is 12.3. The molecule has 110 valence electrons. The summed E-state index contributed by atoms with van der Waals surface area (Å²) >= 11 is 0. The first-order valence-electron chi connectivity index (χ1n) is 6.71. The topological polar surface area (TPSA) is 84.2 Å². The number of hydrogen-bond donors (Lipinski definition) is 2. The van der Waals surface area contributed by atoms with E-state index in [1.165, 1.54) is 16.9 Å². The fourth-order valence-corrected chi connectivity index (χ4v) is 2.12. The molecule has 0 aliphatic rings. The van der Waals surface area contributed by atoms with Gasteiger partial charge in [0.2, 0.25) is 0 Å². The number of nitrogens with zero attached hydrogens (tertiary/aromatic N) is 2. The first-order valence-corrected chi connectivity index (χ1v) is 6.71. The number of nitrogens with one attached hydrogen (secondary N) is 1. The Hall–Kier alpha value is -2.63. The van der Waals surface area contributed by atoms with Gasteiger partial charge in [-0.05, 0) is 18.1 Å². The molecular weight excluding hydrogens is 270 g/mol. The van der Waals surface area contributed by atoms with E-state index in [0.29, 0.717) is 0 Å². The SMILES string of the molecule is CCC(NC(=O)c1ccnn1CC(=O)O)c1ccccc1. The van der Waals surface area contributed by atoms with E-state index in [4.69, 9.17) is 5.11 Å². The van der Waals surface area contributed by atoms with Crippen molar-refractivity contribution in [3.8, 4) is 0 Å². The molecule has 1 amide bonds. The lowest BCUT2D eigenvalue weighted by molar-refractivity contribution is -0.137. The second kappa shape index (κ2) is 6.69. The Balaban J connectivity index is 2.13. The highest BCUT2D eigenvalue weighted by molar-refractivity contribution is 5.93. The fourth-order valence-electron chi connectivity index (χ4n) is 2.12. The number of hydrogen-bond acceptors (Lipinski definition) is 3. The quantitative estimate of drug-likeness (QED) is 0.849. The van der Waals surface area contributed by atoms with Crippen LogP contribution in [0, 0.1) is 0 Å². The summed E-state index contributed by atoms with van der Waals surface area (Å²) in [6.07, 6.45) is 2.16. The van der Waals surface area contributed by atoms with Gasteiger partial charge in [-0.15, -0.1) is 0 Å². The lowest BCUT2D eigenvalue weighted by atomic mass is 10.0. The van der Waals surface area contributed by atoms with E-state index in [1.807, 2.05) is 37.3 Å². The summed E-state index contributed by atoms with van der Waals surface area (Å²) < 4.78 is 1.18. The van der Waals surface area contributed by atoms with Crippen molar-refractivity contribution in [3.63, 3.8) is 0 Å². The van der Waals surface area contributed by atoms with Crippen LogP contribution in [0.3, 0.4) is 0 Å². The van der Waals surface area contributed by atoms with Crippen LogP contribution in [0.25, 0.3) is 0 Å². The molecule has 0 aliphatic heterocycles. The molecule has 0 radical (unpaired) electrons. The van der Waals surface area contributed by atoms with Crippen molar-refractivity contribution in [2.24, 2.45) is 0 Å². The van der Waals surface area contributed by atoms with E-state index in [2.05, 4.69) is 10.4 Å². The summed E-state index contributed by atoms with van der Waals surface area (Å²) in [5, 5.41) is 15.6. The lowest BCUT2D eigenvalue weighted by Gasteiger charge is -2.17. The Morgan fingerprint density at radius 1 is 1.29 bits per heavy atom. The number of aromatic nitrogens is 2. The summed E-state index contributed by atoms with van der Waals surface area (Å²) in [5.74, 6) is -1.37. The second-order valence-corrected chi connectivity index (χ2v) is 4.61. The summed E-state index contributed by atoms with van der Waals surface area (Å²) in [6, 6.07) is 11.0. The van der Waals surface area contributed by atoms with Crippen LogP contribution in [0.1, 0.15) is 35.4 Å². The zero-order valence-corrected chi connectivity index (χ0v) is 11.7. The molecule has 2 rings (SSSR count). The monoisotopic (exact) mass is 287 g/mol. The summed E-state index contributed by atoms with van der Waals surface area (Å²) in [4.78, 5) is 23.0. The highest BCUT2D eigenvalue weighted by atomic mass is 16.4. The van der Waals surface area contributed by atoms with Gasteiger partial charge in [0.25, 0.3) is 5.91 Å². The Kier molecular flexibility index (Phi) is 4.71. The van der Waals surface area contributed by atoms with Crippen LogP contribution in [-0.2, 0) is 11.3 Å². The third-order valence-corrected chi connectivity index (χ3v) is 3.15. The summed E-state index contributed by atoms with van der Waals surface area (Å²) in [5.41, 5.74) is 1.25. The Labute approximate surface area is 122 Å². The highest BCUT2D eigenvalue weighted by Crippen LogP contribution is 2.16. The summed E-state index contributed by atoms with van der Waals surface area (Å²) in [6.45, 7) is 1.64. The van der Waals surface area contributed by atoms with Gasteiger partial charge in [0.05, 0.1) is 6.04 Å². The Morgan fingerprint density at radius 3 is 2.62 bits per heavy atom. The molecule has 1 unspecified atom stereocenters. The van der Waals surface area contributed by atoms with Gasteiger partial charge >= 0.3 is 5.97 Å². The third kappa shape index (κ3) is 3.68. The zero-order chi connectivity index (χ0) is 15.2. The van der Waals surface area contributed by atoms with E-state index in [1.54, 1.807) is 0 Å². The highest BCUT2D eigenvalue weighted by Gasteiger charge is 2.18. The normalized spacial score (nSPS) is 11.9. The lowest BCUT2D eigenvalue weighted by Crippen LogP contribution is -2.30. The van der Waals surface area contributed by atoms with Crippen molar-refractivity contribution in [2.45, 2.75) is 25.9 Å². The molecule has 0 aliphatic carbocycles. The molecule has 6 heteroatoms. The standard InChI is InChI=1S/C15H17N3O3/c1-2-12(11-6-4-3-5-7-11)17-15(21)13-8-9-16-18(13)10-14(19)20/h3-9,12H,2,10H2,1H3,(H,17,21)(H,19,20). The number of amides is 1. The smallest absolute Gasteiger partial charge is 0.325 e. The van der Waals surface area contributed by atoms with E-state index in [9.17, 15) is 9.59 Å².